The largest absolute Gasteiger partial charge is 0.494 e. The fourth-order valence-corrected chi connectivity index (χ4v) is 3.99. The van der Waals surface area contributed by atoms with E-state index in [2.05, 4.69) is 21.2 Å². The minimum atomic E-state index is -0.624. The molecule has 3 aromatic rings. The number of carbonyl (C=O) groups is 2. The summed E-state index contributed by atoms with van der Waals surface area (Å²) in [5, 5.41) is 3.38. The molecule has 34 heavy (non-hydrogen) atoms. The van der Waals surface area contributed by atoms with Crippen molar-refractivity contribution >= 4 is 39.3 Å². The van der Waals surface area contributed by atoms with E-state index in [1.165, 1.54) is 0 Å². The number of hydrogen-bond acceptors (Lipinski definition) is 3. The quantitative estimate of drug-likeness (QED) is 0.318. The lowest BCUT2D eigenvalue weighted by molar-refractivity contribution is -0.141. The van der Waals surface area contributed by atoms with Crippen LogP contribution in [0, 0.1) is 0 Å². The van der Waals surface area contributed by atoms with Crippen LogP contribution in [-0.2, 0) is 22.6 Å². The summed E-state index contributed by atoms with van der Waals surface area (Å²) in [5.74, 6) is 0.426. The smallest absolute Gasteiger partial charge is 0.242 e. The third-order valence-electron chi connectivity index (χ3n) is 5.40. The van der Waals surface area contributed by atoms with Gasteiger partial charge >= 0.3 is 0 Å². The van der Waals surface area contributed by atoms with Crippen LogP contribution >= 0.6 is 27.5 Å². The van der Waals surface area contributed by atoms with Crippen molar-refractivity contribution in [1.29, 1.82) is 0 Å². The van der Waals surface area contributed by atoms with Gasteiger partial charge < -0.3 is 15.0 Å². The molecule has 0 aliphatic rings. The monoisotopic (exact) mass is 542 g/mol. The predicted octanol–water partition coefficient (Wildman–Crippen LogP) is 5.65. The van der Waals surface area contributed by atoms with Crippen LogP contribution in [0.15, 0.2) is 83.3 Å². The van der Waals surface area contributed by atoms with Crippen LogP contribution in [-0.4, -0.2) is 36.4 Å². The van der Waals surface area contributed by atoms with Gasteiger partial charge in [0.25, 0.3) is 0 Å². The lowest BCUT2D eigenvalue weighted by Gasteiger charge is -2.31. The third kappa shape index (κ3) is 7.89. The van der Waals surface area contributed by atoms with Gasteiger partial charge in [-0.15, -0.1) is 0 Å². The summed E-state index contributed by atoms with van der Waals surface area (Å²) in [5.41, 5.74) is 1.95. The van der Waals surface area contributed by atoms with E-state index in [-0.39, 0.29) is 18.2 Å². The molecule has 178 valence electrons. The van der Waals surface area contributed by atoms with E-state index in [1.54, 1.807) is 36.2 Å². The van der Waals surface area contributed by atoms with Gasteiger partial charge in [-0.05, 0) is 53.9 Å². The Hall–Kier alpha value is -2.83. The zero-order valence-electron chi connectivity index (χ0n) is 19.0. The van der Waals surface area contributed by atoms with Gasteiger partial charge in [0.05, 0.1) is 6.61 Å². The standard InChI is InChI=1S/C27H28BrClN2O3/c1-30-27(33)25(18-20-6-3-2-4-7-20)31(19-21-9-11-22(28)12-10-21)26(32)8-5-17-34-24-15-13-23(29)14-16-24/h2-4,6-7,9-16,25H,5,8,17-19H2,1H3,(H,30,33). The average Bonchev–Trinajstić information content (AvgIpc) is 2.86. The molecule has 0 aliphatic heterocycles. The molecule has 0 aliphatic carbocycles. The van der Waals surface area contributed by atoms with E-state index >= 15 is 0 Å². The van der Waals surface area contributed by atoms with Gasteiger partial charge in [-0.2, -0.15) is 0 Å². The van der Waals surface area contributed by atoms with Gasteiger partial charge in [0.2, 0.25) is 11.8 Å². The Morgan fingerprint density at radius 1 is 0.971 bits per heavy atom. The van der Waals surface area contributed by atoms with Crippen LogP contribution in [0.3, 0.4) is 0 Å². The maximum atomic E-state index is 13.4. The Morgan fingerprint density at radius 3 is 2.29 bits per heavy atom. The highest BCUT2D eigenvalue weighted by molar-refractivity contribution is 9.10. The minimum absolute atomic E-state index is 0.0906. The lowest BCUT2D eigenvalue weighted by Crippen LogP contribution is -2.49. The molecule has 2 amide bonds. The van der Waals surface area contributed by atoms with Crippen molar-refractivity contribution in [3.63, 3.8) is 0 Å². The molecule has 0 bridgehead atoms. The van der Waals surface area contributed by atoms with Gasteiger partial charge in [-0.1, -0.05) is 70.0 Å². The normalized spacial score (nSPS) is 11.5. The number of ether oxygens (including phenoxy) is 1. The van der Waals surface area contributed by atoms with Crippen LogP contribution < -0.4 is 10.1 Å². The number of nitrogens with zero attached hydrogens (tertiary/aromatic N) is 1. The Labute approximate surface area is 214 Å². The van der Waals surface area contributed by atoms with E-state index < -0.39 is 6.04 Å². The number of nitrogens with one attached hydrogen (secondary N) is 1. The SMILES string of the molecule is CNC(=O)C(Cc1ccccc1)N(Cc1ccc(Br)cc1)C(=O)CCCOc1ccc(Cl)cc1. The highest BCUT2D eigenvalue weighted by Gasteiger charge is 2.29. The molecule has 3 rings (SSSR count). The van der Waals surface area contributed by atoms with Crippen molar-refractivity contribution in [2.75, 3.05) is 13.7 Å². The van der Waals surface area contributed by atoms with Crippen LogP contribution in [0.4, 0.5) is 0 Å². The number of halogens is 2. The summed E-state index contributed by atoms with van der Waals surface area (Å²) in [6.07, 6.45) is 1.24. The number of hydrogen-bond donors (Lipinski definition) is 1. The lowest BCUT2D eigenvalue weighted by atomic mass is 10.0. The summed E-state index contributed by atoms with van der Waals surface area (Å²) in [7, 11) is 1.60. The predicted molar refractivity (Wildman–Crippen MR) is 139 cm³/mol. The van der Waals surface area contributed by atoms with Gasteiger partial charge in [0.1, 0.15) is 11.8 Å². The summed E-state index contributed by atoms with van der Waals surface area (Å²) in [6.45, 7) is 0.734. The molecule has 0 heterocycles. The molecule has 3 aromatic carbocycles. The van der Waals surface area contributed by atoms with E-state index in [0.717, 1.165) is 15.6 Å². The van der Waals surface area contributed by atoms with Crippen molar-refractivity contribution < 1.29 is 14.3 Å². The number of carbonyl (C=O) groups excluding carboxylic acids is 2. The first-order chi connectivity index (χ1) is 16.5. The van der Waals surface area contributed by atoms with E-state index in [9.17, 15) is 9.59 Å². The minimum Gasteiger partial charge on any atom is -0.494 e. The van der Waals surface area contributed by atoms with E-state index in [0.29, 0.717) is 36.8 Å². The van der Waals surface area contributed by atoms with Crippen molar-refractivity contribution in [1.82, 2.24) is 10.2 Å². The zero-order valence-corrected chi connectivity index (χ0v) is 21.4. The first kappa shape index (κ1) is 25.8. The molecular formula is C27H28BrClN2O3. The van der Waals surface area contributed by atoms with Crippen LogP contribution in [0.25, 0.3) is 0 Å². The highest BCUT2D eigenvalue weighted by Crippen LogP contribution is 2.19. The molecule has 0 radical (unpaired) electrons. The molecule has 1 N–H and O–H groups in total. The Bertz CT molecular complexity index is 1060. The topological polar surface area (TPSA) is 58.6 Å². The fraction of sp³-hybridized carbons (Fsp3) is 0.259. The number of rotatable bonds is 11. The Kier molecular flexibility index (Phi) is 9.98. The maximum Gasteiger partial charge on any atom is 0.242 e. The first-order valence-corrected chi connectivity index (χ1v) is 12.3. The molecule has 0 saturated carbocycles. The van der Waals surface area contributed by atoms with Crippen molar-refractivity contribution in [2.24, 2.45) is 0 Å². The molecule has 1 atom stereocenters. The average molecular weight is 544 g/mol. The number of amides is 2. The maximum absolute atomic E-state index is 13.4. The van der Waals surface area contributed by atoms with Crippen LogP contribution in [0.5, 0.6) is 5.75 Å². The fourth-order valence-electron chi connectivity index (χ4n) is 3.59. The van der Waals surface area contributed by atoms with E-state index in [4.69, 9.17) is 16.3 Å². The van der Waals surface area contributed by atoms with Crippen molar-refractivity contribution in [2.45, 2.75) is 31.8 Å². The third-order valence-corrected chi connectivity index (χ3v) is 6.18. The number of likely N-dealkylation sites (N-methyl/N-ethyl adjacent to an activating group) is 1. The molecule has 5 nitrogen and oxygen atoms in total. The molecule has 0 fully saturated rings. The summed E-state index contributed by atoms with van der Waals surface area (Å²) < 4.78 is 6.69. The molecule has 1 unspecified atom stereocenters. The van der Waals surface area contributed by atoms with Crippen LogP contribution in [0.2, 0.25) is 5.02 Å². The molecule has 0 aromatic heterocycles. The highest BCUT2D eigenvalue weighted by atomic mass is 79.9. The van der Waals surface area contributed by atoms with Crippen molar-refractivity contribution in [3.8, 4) is 5.75 Å². The molecule has 7 heteroatoms. The van der Waals surface area contributed by atoms with Gasteiger partial charge in [0, 0.05) is 35.9 Å². The van der Waals surface area contributed by atoms with Gasteiger partial charge in [-0.25, -0.2) is 0 Å². The first-order valence-electron chi connectivity index (χ1n) is 11.1. The number of benzene rings is 3. The second-order valence-corrected chi connectivity index (χ2v) is 9.23. The van der Waals surface area contributed by atoms with Gasteiger partial charge in [0.15, 0.2) is 0 Å². The molecule has 0 spiro atoms. The molecular weight excluding hydrogens is 516 g/mol. The molecule has 0 saturated heterocycles. The Morgan fingerprint density at radius 2 is 1.65 bits per heavy atom. The summed E-state index contributed by atoms with van der Waals surface area (Å²) in [4.78, 5) is 28.0. The zero-order chi connectivity index (χ0) is 24.3. The Balaban J connectivity index is 1.73. The van der Waals surface area contributed by atoms with Crippen LogP contribution in [0.1, 0.15) is 24.0 Å². The van der Waals surface area contributed by atoms with Crippen molar-refractivity contribution in [3.05, 3.63) is 99.5 Å². The summed E-state index contributed by atoms with van der Waals surface area (Å²) >= 11 is 9.36. The summed E-state index contributed by atoms with van der Waals surface area (Å²) in [6, 6.07) is 24.0. The van der Waals surface area contributed by atoms with Gasteiger partial charge in [-0.3, -0.25) is 9.59 Å². The second-order valence-electron chi connectivity index (χ2n) is 7.87. The second kappa shape index (κ2) is 13.2. The van der Waals surface area contributed by atoms with E-state index in [1.807, 2.05) is 54.6 Å².